The van der Waals surface area contributed by atoms with Crippen LogP contribution in [-0.4, -0.2) is 46.7 Å². The summed E-state index contributed by atoms with van der Waals surface area (Å²) in [5.74, 6) is -0.366. The van der Waals surface area contributed by atoms with Crippen LogP contribution >= 0.6 is 0 Å². The summed E-state index contributed by atoms with van der Waals surface area (Å²) in [5.41, 5.74) is -1.01. The van der Waals surface area contributed by atoms with Gasteiger partial charge in [0, 0.05) is 12.3 Å². The van der Waals surface area contributed by atoms with Gasteiger partial charge in [-0.3, -0.25) is 0 Å². The molecular weight excluding hydrogens is 372 g/mol. The number of esters is 1. The molecule has 1 heterocycles. The van der Waals surface area contributed by atoms with Gasteiger partial charge in [-0.15, -0.1) is 0 Å². The molecule has 29 heavy (non-hydrogen) atoms. The second kappa shape index (κ2) is 6.61. The van der Waals surface area contributed by atoms with E-state index in [9.17, 15) is 15.0 Å². The lowest BCUT2D eigenvalue weighted by atomic mass is 9.67. The number of aliphatic hydroxyl groups is 1. The first-order valence-corrected chi connectivity index (χ1v) is 10.5. The third kappa shape index (κ3) is 3.21. The molecule has 1 aromatic carbocycles. The minimum absolute atomic E-state index is 0.0298. The highest BCUT2D eigenvalue weighted by Crippen LogP contribution is 2.63. The Hall–Kier alpha value is -1.79. The SMILES string of the molecule is COc1cc(C(=O)O[C@@H]2CC3(C)OC3C[C@@]3(C)CC[C@](O)(C(C)C)[C@@H]23)ccc1O. The lowest BCUT2D eigenvalue weighted by molar-refractivity contribution is -0.120. The van der Waals surface area contributed by atoms with Crippen LogP contribution in [-0.2, 0) is 9.47 Å². The molecule has 0 spiro atoms. The summed E-state index contributed by atoms with van der Waals surface area (Å²) in [6.45, 7) is 8.36. The molecule has 2 saturated carbocycles. The minimum Gasteiger partial charge on any atom is -0.504 e. The summed E-state index contributed by atoms with van der Waals surface area (Å²) < 4.78 is 17.2. The van der Waals surface area contributed by atoms with Crippen LogP contribution in [0.15, 0.2) is 18.2 Å². The van der Waals surface area contributed by atoms with E-state index in [1.807, 2.05) is 13.8 Å². The molecule has 1 aliphatic heterocycles. The Balaban J connectivity index is 1.67. The van der Waals surface area contributed by atoms with E-state index in [0.717, 1.165) is 12.8 Å². The van der Waals surface area contributed by atoms with E-state index >= 15 is 0 Å². The molecule has 2 N–H and O–H groups in total. The first-order chi connectivity index (χ1) is 13.5. The Bertz CT molecular complexity index is 822. The molecule has 0 aromatic heterocycles. The average Bonchev–Trinajstić information content (AvgIpc) is 3.19. The molecule has 6 atom stereocenters. The minimum atomic E-state index is -0.876. The number of hydrogen-bond donors (Lipinski definition) is 2. The van der Waals surface area contributed by atoms with Gasteiger partial charge >= 0.3 is 5.97 Å². The Morgan fingerprint density at radius 3 is 2.62 bits per heavy atom. The van der Waals surface area contributed by atoms with Crippen LogP contribution in [0.5, 0.6) is 11.5 Å². The van der Waals surface area contributed by atoms with Crippen LogP contribution < -0.4 is 4.74 Å². The Labute approximate surface area is 172 Å². The zero-order chi connectivity index (χ0) is 21.2. The van der Waals surface area contributed by atoms with Crippen molar-refractivity contribution in [2.24, 2.45) is 17.3 Å². The maximum absolute atomic E-state index is 13.0. The van der Waals surface area contributed by atoms with Crippen LogP contribution in [0.3, 0.4) is 0 Å². The molecule has 4 rings (SSSR count). The zero-order valence-corrected chi connectivity index (χ0v) is 17.9. The highest BCUT2D eigenvalue weighted by molar-refractivity contribution is 5.90. The van der Waals surface area contributed by atoms with Crippen LogP contribution in [0, 0.1) is 17.3 Å². The van der Waals surface area contributed by atoms with Gasteiger partial charge in [0.05, 0.1) is 30.0 Å². The Kier molecular flexibility index (Phi) is 4.67. The summed E-state index contributed by atoms with van der Waals surface area (Å²) in [5, 5.41) is 21.4. The second-order valence-corrected chi connectivity index (χ2v) is 9.94. The lowest BCUT2D eigenvalue weighted by Gasteiger charge is -2.44. The molecule has 1 aromatic rings. The van der Waals surface area contributed by atoms with Gasteiger partial charge in [-0.1, -0.05) is 20.8 Å². The normalized spacial score (nSPS) is 40.7. The van der Waals surface area contributed by atoms with Gasteiger partial charge in [-0.05, 0) is 55.7 Å². The number of carbonyl (C=O) groups excluding carboxylic acids is 1. The fraction of sp³-hybridized carbons (Fsp3) is 0.696. The van der Waals surface area contributed by atoms with E-state index in [2.05, 4.69) is 13.8 Å². The molecule has 6 nitrogen and oxygen atoms in total. The standard InChI is InChI=1S/C23H32O6/c1-13(2)23(26)9-8-21(3)12-18-22(4,29-18)11-17(19(21)23)28-20(25)14-6-7-15(24)16(10-14)27-5/h6-7,10,13,17-19,24,26H,8-9,11-12H2,1-5H3/t17-,18?,19+,21-,22?,23+/m1/s1. The van der Waals surface area contributed by atoms with E-state index in [1.54, 1.807) is 0 Å². The molecular formula is C23H32O6. The van der Waals surface area contributed by atoms with Crippen molar-refractivity contribution in [3.63, 3.8) is 0 Å². The van der Waals surface area contributed by atoms with Crippen LogP contribution in [0.1, 0.15) is 63.7 Å². The summed E-state index contributed by atoms with van der Waals surface area (Å²) in [6.07, 6.45) is 2.76. The van der Waals surface area contributed by atoms with Gasteiger partial charge in [0.2, 0.25) is 0 Å². The molecule has 2 unspecified atom stereocenters. The van der Waals surface area contributed by atoms with Gasteiger partial charge in [0.15, 0.2) is 11.5 Å². The van der Waals surface area contributed by atoms with Crippen LogP contribution in [0.25, 0.3) is 0 Å². The maximum atomic E-state index is 13.0. The van der Waals surface area contributed by atoms with Crippen molar-refractivity contribution in [3.05, 3.63) is 23.8 Å². The van der Waals surface area contributed by atoms with Crippen molar-refractivity contribution in [2.45, 2.75) is 76.8 Å². The van der Waals surface area contributed by atoms with Crippen molar-refractivity contribution in [3.8, 4) is 11.5 Å². The summed E-state index contributed by atoms with van der Waals surface area (Å²) in [7, 11) is 1.44. The highest BCUT2D eigenvalue weighted by Gasteiger charge is 2.68. The fourth-order valence-electron chi connectivity index (χ4n) is 5.84. The van der Waals surface area contributed by atoms with Crippen molar-refractivity contribution in [2.75, 3.05) is 7.11 Å². The van der Waals surface area contributed by atoms with E-state index in [-0.39, 0.29) is 40.5 Å². The summed E-state index contributed by atoms with van der Waals surface area (Å²) in [4.78, 5) is 13.0. The number of methoxy groups -OCH3 is 1. The van der Waals surface area contributed by atoms with Crippen LogP contribution in [0.4, 0.5) is 0 Å². The summed E-state index contributed by atoms with van der Waals surface area (Å²) in [6, 6.07) is 4.43. The third-order valence-electron chi connectivity index (χ3n) is 7.72. The zero-order valence-electron chi connectivity index (χ0n) is 17.9. The number of hydrogen-bond acceptors (Lipinski definition) is 6. The van der Waals surface area contributed by atoms with E-state index in [0.29, 0.717) is 18.4 Å². The second-order valence-electron chi connectivity index (χ2n) is 9.94. The number of carbonyl (C=O) groups is 1. The van der Waals surface area contributed by atoms with Gasteiger partial charge in [0.25, 0.3) is 0 Å². The largest absolute Gasteiger partial charge is 0.504 e. The highest BCUT2D eigenvalue weighted by atomic mass is 16.6. The third-order valence-corrected chi connectivity index (χ3v) is 7.72. The predicted octanol–water partition coefficient (Wildman–Crippen LogP) is 3.68. The topological polar surface area (TPSA) is 88.5 Å². The molecule has 160 valence electrons. The maximum Gasteiger partial charge on any atom is 0.338 e. The van der Waals surface area contributed by atoms with Gasteiger partial charge in [0.1, 0.15) is 6.10 Å². The molecule has 3 fully saturated rings. The van der Waals surface area contributed by atoms with Crippen molar-refractivity contribution in [1.29, 1.82) is 0 Å². The summed E-state index contributed by atoms with van der Waals surface area (Å²) >= 11 is 0. The number of rotatable bonds is 4. The lowest BCUT2D eigenvalue weighted by Crippen LogP contribution is -2.50. The van der Waals surface area contributed by atoms with Crippen molar-refractivity contribution >= 4 is 5.97 Å². The first-order valence-electron chi connectivity index (χ1n) is 10.5. The smallest absolute Gasteiger partial charge is 0.338 e. The quantitative estimate of drug-likeness (QED) is 0.588. The van der Waals surface area contributed by atoms with Crippen molar-refractivity contribution < 1.29 is 29.2 Å². The predicted molar refractivity (Wildman–Crippen MR) is 107 cm³/mol. The first kappa shape index (κ1) is 20.5. The van der Waals surface area contributed by atoms with Gasteiger partial charge < -0.3 is 24.4 Å². The average molecular weight is 405 g/mol. The number of phenols is 1. The van der Waals surface area contributed by atoms with E-state index in [1.165, 1.54) is 25.3 Å². The number of benzene rings is 1. The van der Waals surface area contributed by atoms with Crippen molar-refractivity contribution in [1.82, 2.24) is 0 Å². The number of aromatic hydroxyl groups is 1. The van der Waals surface area contributed by atoms with Gasteiger partial charge in [-0.2, -0.15) is 0 Å². The number of ether oxygens (including phenoxy) is 3. The van der Waals surface area contributed by atoms with Gasteiger partial charge in [-0.25, -0.2) is 4.79 Å². The molecule has 0 radical (unpaired) electrons. The van der Waals surface area contributed by atoms with E-state index < -0.39 is 17.7 Å². The van der Waals surface area contributed by atoms with Crippen LogP contribution in [0.2, 0.25) is 0 Å². The number of fused-ring (bicyclic) bond motifs is 2. The molecule has 0 amide bonds. The molecule has 2 aliphatic carbocycles. The Morgan fingerprint density at radius 1 is 1.24 bits per heavy atom. The Morgan fingerprint density at radius 2 is 1.97 bits per heavy atom. The molecule has 0 bridgehead atoms. The number of epoxide rings is 1. The molecule has 1 saturated heterocycles. The van der Waals surface area contributed by atoms with E-state index in [4.69, 9.17) is 14.2 Å². The molecule has 3 aliphatic rings. The molecule has 6 heteroatoms. The fourth-order valence-corrected chi connectivity index (χ4v) is 5.84. The number of phenolic OH excluding ortho intramolecular Hbond substituents is 1. The monoisotopic (exact) mass is 404 g/mol.